The largest absolute Gasteiger partial charge is 0.482 e. The van der Waals surface area contributed by atoms with Gasteiger partial charge >= 0.3 is 0 Å². The van der Waals surface area contributed by atoms with Crippen molar-refractivity contribution >= 4 is 35.4 Å². The van der Waals surface area contributed by atoms with Crippen molar-refractivity contribution < 1.29 is 52.0 Å². The van der Waals surface area contributed by atoms with E-state index in [2.05, 4.69) is 42.7 Å². The van der Waals surface area contributed by atoms with Gasteiger partial charge in [0, 0.05) is 67.7 Å². The summed E-state index contributed by atoms with van der Waals surface area (Å²) >= 11 is 0. The van der Waals surface area contributed by atoms with Crippen LogP contribution in [0.3, 0.4) is 0 Å². The molecule has 2 bridgehead atoms. The zero-order chi connectivity index (χ0) is 58.6. The number of carbonyl (C=O) groups excluding carboxylic acids is 5. The number of hydrogen-bond donors (Lipinski definition) is 6. The van der Waals surface area contributed by atoms with Gasteiger partial charge < -0.3 is 65.8 Å². The maximum atomic E-state index is 14.4. The van der Waals surface area contributed by atoms with E-state index in [-0.39, 0.29) is 97.8 Å². The number of rotatable bonds is 28. The van der Waals surface area contributed by atoms with Crippen LogP contribution in [0.2, 0.25) is 0 Å². The van der Waals surface area contributed by atoms with E-state index >= 15 is 0 Å². The van der Waals surface area contributed by atoms with Gasteiger partial charge in [-0.25, -0.2) is 9.37 Å². The molecule has 6 rings (SSSR count). The van der Waals surface area contributed by atoms with Gasteiger partial charge in [-0.3, -0.25) is 28.7 Å². The molecule has 440 valence electrons. The van der Waals surface area contributed by atoms with E-state index in [0.29, 0.717) is 94.4 Å². The van der Waals surface area contributed by atoms with E-state index < -0.39 is 41.4 Å². The predicted molar refractivity (Wildman–Crippen MR) is 301 cm³/mol. The Labute approximate surface area is 474 Å². The molecule has 4 aromatic rings. The SMILES string of the molecule is CC[C@@H](NC(=O)[C@@H]1C[C@H](NCCCOCCOCCOCCOCCC(=O)NCCn2nc(C#N)c3c2CN(C)C(=O)c2ccc(F)cc2[C@@H](C)Oc2cc-3cnc2N)CN1C(=O)[C@@H](NC(=O)[C@H](C)NC)C(C)(C)C)c1ccccc1. The summed E-state index contributed by atoms with van der Waals surface area (Å²) < 4.78 is 44.8. The summed E-state index contributed by atoms with van der Waals surface area (Å²) in [6.45, 7) is 15.1. The van der Waals surface area contributed by atoms with Crippen LogP contribution in [0.5, 0.6) is 5.75 Å². The van der Waals surface area contributed by atoms with Gasteiger partial charge in [-0.05, 0) is 81.9 Å². The lowest BCUT2D eigenvalue weighted by Gasteiger charge is -2.36. The third-order valence-corrected chi connectivity index (χ3v) is 14.2. The van der Waals surface area contributed by atoms with Gasteiger partial charge in [-0.15, -0.1) is 0 Å². The number of likely N-dealkylation sites (N-methyl/N-ethyl adjacent to an activating group) is 1. The predicted octanol–water partition coefficient (Wildman–Crippen LogP) is 4.19. The zero-order valence-corrected chi connectivity index (χ0v) is 48.0. The second-order valence-electron chi connectivity index (χ2n) is 21.3. The Morgan fingerprint density at radius 3 is 2.28 bits per heavy atom. The van der Waals surface area contributed by atoms with Crippen molar-refractivity contribution in [3.8, 4) is 22.9 Å². The number of nitrogens with one attached hydrogen (secondary N) is 5. The highest BCUT2D eigenvalue weighted by atomic mass is 19.1. The van der Waals surface area contributed by atoms with Crippen LogP contribution in [0.15, 0.2) is 60.8 Å². The molecule has 0 saturated carbocycles. The number of aromatic nitrogens is 3. The van der Waals surface area contributed by atoms with Crippen LogP contribution in [-0.4, -0.2) is 165 Å². The Bertz CT molecular complexity index is 2790. The molecule has 23 heteroatoms. The minimum absolute atomic E-state index is 0.0237. The molecule has 2 aliphatic rings. The lowest BCUT2D eigenvalue weighted by Crippen LogP contribution is -2.59. The smallest absolute Gasteiger partial charge is 0.254 e. The molecule has 2 aromatic heterocycles. The van der Waals surface area contributed by atoms with E-state index in [0.717, 1.165) is 5.56 Å². The second kappa shape index (κ2) is 30.7. The lowest BCUT2D eigenvalue weighted by molar-refractivity contribution is -0.144. The van der Waals surface area contributed by atoms with Gasteiger partial charge in [0.1, 0.15) is 30.1 Å². The van der Waals surface area contributed by atoms with Gasteiger partial charge in [0.25, 0.3) is 5.91 Å². The van der Waals surface area contributed by atoms with Crippen LogP contribution in [-0.2, 0) is 51.2 Å². The highest BCUT2D eigenvalue weighted by Crippen LogP contribution is 2.36. The Morgan fingerprint density at radius 2 is 1.63 bits per heavy atom. The van der Waals surface area contributed by atoms with Crippen LogP contribution in [0, 0.1) is 22.6 Å². The fraction of sp³-hybridized carbons (Fsp3) is 0.552. The first kappa shape index (κ1) is 63.1. The van der Waals surface area contributed by atoms with Gasteiger partial charge in [0.05, 0.1) is 77.1 Å². The van der Waals surface area contributed by atoms with Crippen molar-refractivity contribution in [1.29, 1.82) is 5.26 Å². The number of amides is 5. The van der Waals surface area contributed by atoms with Crippen LogP contribution >= 0.6 is 0 Å². The van der Waals surface area contributed by atoms with Crippen molar-refractivity contribution in [3.05, 3.63) is 94.7 Å². The monoisotopic (exact) mass is 1120 g/mol. The van der Waals surface area contributed by atoms with Crippen molar-refractivity contribution in [2.45, 2.75) is 117 Å². The molecule has 0 radical (unpaired) electrons. The molecule has 0 aliphatic carbocycles. The first-order valence-electron chi connectivity index (χ1n) is 27.8. The van der Waals surface area contributed by atoms with Crippen LogP contribution in [0.4, 0.5) is 10.2 Å². The van der Waals surface area contributed by atoms with E-state index in [1.165, 1.54) is 29.3 Å². The number of carbonyl (C=O) groups is 5. The Hall–Kier alpha value is -7.07. The number of hydrogen-bond acceptors (Lipinski definition) is 16. The summed E-state index contributed by atoms with van der Waals surface area (Å²) in [4.78, 5) is 75.3. The van der Waals surface area contributed by atoms with E-state index in [9.17, 15) is 33.6 Å². The standard InChI is InChI=1S/C58H81FN12O10/c1-9-45(39-14-11-10-12-15-39)66-55(74)47-32-42(35-70(47)57(76)52(58(4,5)6)67-54(73)37(2)62-7)63-19-13-22-77-24-26-79-28-29-80-27-25-78-23-18-50(72)64-20-21-71-48-36-69(8)56(75)43-17-16-41(59)31-44(43)38(3)81-49-30-40(34-65-53(49)61)51(48)46(33-60)68-71/h10-12,14-17,30-31,34,37-38,42,45,47,52,62-63H,9,13,18-29,32,35-36H2,1-8H3,(H2,61,65)(H,64,72)(H,66,74)(H,67,73)/t37-,38+,42-,45+,47-,52+/m0/s1. The fourth-order valence-electron chi connectivity index (χ4n) is 9.59. The molecule has 1 saturated heterocycles. The number of anilines is 1. The number of likely N-dealkylation sites (tertiary alicyclic amines) is 1. The molecular formula is C58H81FN12O10. The number of nitrogens with zero attached hydrogens (tertiary/aromatic N) is 6. The van der Waals surface area contributed by atoms with Crippen LogP contribution in [0.1, 0.15) is 112 Å². The van der Waals surface area contributed by atoms with Gasteiger partial charge in [0.2, 0.25) is 23.6 Å². The van der Waals surface area contributed by atoms with Gasteiger partial charge in [-0.2, -0.15) is 10.4 Å². The van der Waals surface area contributed by atoms with Gasteiger partial charge in [0.15, 0.2) is 17.3 Å². The average Bonchev–Trinajstić information content (AvgIpc) is 4.08. The molecule has 22 nitrogen and oxygen atoms in total. The molecule has 2 aliphatic heterocycles. The van der Waals surface area contributed by atoms with Crippen molar-refractivity contribution in [3.63, 3.8) is 0 Å². The minimum Gasteiger partial charge on any atom is -0.482 e. The number of pyridine rings is 1. The number of nitriles is 1. The van der Waals surface area contributed by atoms with E-state index in [1.54, 1.807) is 43.6 Å². The van der Waals surface area contributed by atoms with E-state index in [4.69, 9.17) is 29.4 Å². The Balaban J connectivity index is 0.853. The summed E-state index contributed by atoms with van der Waals surface area (Å²) in [5.74, 6) is -1.73. The topological polar surface area (TPSA) is 279 Å². The fourth-order valence-corrected chi connectivity index (χ4v) is 9.59. The average molecular weight is 1130 g/mol. The van der Waals surface area contributed by atoms with Crippen LogP contribution in [0.25, 0.3) is 11.1 Å². The molecular weight excluding hydrogens is 1040 g/mol. The highest BCUT2D eigenvalue weighted by molar-refractivity contribution is 5.96. The molecule has 5 amide bonds. The Morgan fingerprint density at radius 1 is 0.951 bits per heavy atom. The summed E-state index contributed by atoms with van der Waals surface area (Å²) in [7, 11) is 3.29. The third-order valence-electron chi connectivity index (χ3n) is 14.2. The molecule has 6 atom stereocenters. The molecule has 0 unspecified atom stereocenters. The number of fused-ring (bicyclic) bond motifs is 5. The Kier molecular flexibility index (Phi) is 23.9. The normalized spacial score (nSPS) is 17.3. The number of ether oxygens (including phenoxy) is 5. The lowest BCUT2D eigenvalue weighted by atomic mass is 9.85. The van der Waals surface area contributed by atoms with Crippen molar-refractivity contribution in [1.82, 2.24) is 51.1 Å². The maximum Gasteiger partial charge on any atom is 0.254 e. The first-order chi connectivity index (χ1) is 38.8. The molecule has 1 fully saturated rings. The van der Waals surface area contributed by atoms with Crippen LogP contribution < -0.4 is 37.1 Å². The molecule has 7 N–H and O–H groups in total. The van der Waals surface area contributed by atoms with Crippen molar-refractivity contribution in [2.75, 3.05) is 92.3 Å². The second-order valence-corrected chi connectivity index (χ2v) is 21.3. The zero-order valence-electron chi connectivity index (χ0n) is 48.0. The number of halogens is 1. The molecule has 0 spiro atoms. The number of benzene rings is 2. The molecule has 2 aromatic carbocycles. The van der Waals surface area contributed by atoms with Crippen molar-refractivity contribution in [2.24, 2.45) is 5.41 Å². The quantitative estimate of drug-likeness (QED) is 0.0435. The summed E-state index contributed by atoms with van der Waals surface area (Å²) in [6, 6.07) is 15.0. The third kappa shape index (κ3) is 17.7. The summed E-state index contributed by atoms with van der Waals surface area (Å²) in [6.07, 6.45) is 2.62. The summed E-state index contributed by atoms with van der Waals surface area (Å²) in [5.41, 5.74) is 8.63. The number of nitrogen functional groups attached to an aromatic ring is 1. The minimum atomic E-state index is -0.848. The number of nitrogens with two attached hydrogens (primary N) is 1. The molecule has 81 heavy (non-hydrogen) atoms. The first-order valence-corrected chi connectivity index (χ1v) is 27.8. The summed E-state index contributed by atoms with van der Waals surface area (Å²) in [5, 5.41) is 30.2. The highest BCUT2D eigenvalue weighted by Gasteiger charge is 2.45. The van der Waals surface area contributed by atoms with E-state index in [1.807, 2.05) is 58.0 Å². The maximum absolute atomic E-state index is 14.4. The van der Waals surface area contributed by atoms with Gasteiger partial charge in [-0.1, -0.05) is 58.0 Å². The molecule has 4 heterocycles.